The minimum atomic E-state index is 0.380. The molecular weight excluding hydrogens is 286 g/mol. The highest BCUT2D eigenvalue weighted by atomic mass is 16.2. The summed E-state index contributed by atoms with van der Waals surface area (Å²) in [6.45, 7) is 5.05. The topological polar surface area (TPSA) is 38.1 Å². The summed E-state index contributed by atoms with van der Waals surface area (Å²) in [6, 6.07) is 0. The molecule has 4 nitrogen and oxygen atoms in total. The predicted octanol–water partition coefficient (Wildman–Crippen LogP) is 3.50. The fourth-order valence-corrected chi connectivity index (χ4v) is 4.21. The van der Waals surface area contributed by atoms with E-state index in [4.69, 9.17) is 0 Å². The zero-order valence-electron chi connectivity index (χ0n) is 14.3. The molecule has 3 aliphatic rings. The van der Waals surface area contributed by atoms with Crippen LogP contribution in [0.4, 0.5) is 0 Å². The van der Waals surface area contributed by atoms with E-state index in [9.17, 15) is 4.79 Å². The van der Waals surface area contributed by atoms with Crippen LogP contribution in [0, 0.1) is 18.8 Å². The normalized spacial score (nSPS) is 23.1. The lowest BCUT2D eigenvalue weighted by Gasteiger charge is -2.40. The number of aryl methyl sites for hydroxylation is 1. The van der Waals surface area contributed by atoms with Crippen molar-refractivity contribution in [1.29, 1.82) is 0 Å². The van der Waals surface area contributed by atoms with Gasteiger partial charge >= 0.3 is 0 Å². The summed E-state index contributed by atoms with van der Waals surface area (Å²) < 4.78 is 2.41. The van der Waals surface area contributed by atoms with Crippen molar-refractivity contribution in [2.24, 2.45) is 11.8 Å². The number of carbonyl (C=O) groups excluding carboxylic acids is 1. The average molecular weight is 315 g/mol. The van der Waals surface area contributed by atoms with Crippen molar-refractivity contribution in [1.82, 2.24) is 14.5 Å². The van der Waals surface area contributed by atoms with Crippen molar-refractivity contribution in [2.75, 3.05) is 13.1 Å². The van der Waals surface area contributed by atoms with E-state index in [2.05, 4.69) is 21.4 Å². The van der Waals surface area contributed by atoms with E-state index in [1.807, 2.05) is 6.20 Å². The number of hydrogen-bond donors (Lipinski definition) is 0. The van der Waals surface area contributed by atoms with Crippen LogP contribution in [0.25, 0.3) is 0 Å². The van der Waals surface area contributed by atoms with Crippen molar-refractivity contribution in [2.45, 2.75) is 70.8 Å². The van der Waals surface area contributed by atoms with Gasteiger partial charge in [-0.3, -0.25) is 4.79 Å². The zero-order valence-corrected chi connectivity index (χ0v) is 14.3. The quantitative estimate of drug-likeness (QED) is 0.834. The minimum Gasteiger partial charge on any atom is -0.341 e. The number of nitrogens with zero attached hydrogens (tertiary/aromatic N) is 3. The molecule has 0 spiro atoms. The molecule has 0 radical (unpaired) electrons. The van der Waals surface area contributed by atoms with Crippen molar-refractivity contribution in [3.8, 4) is 0 Å². The van der Waals surface area contributed by atoms with E-state index in [0.717, 1.165) is 32.0 Å². The van der Waals surface area contributed by atoms with Gasteiger partial charge in [-0.2, -0.15) is 0 Å². The summed E-state index contributed by atoms with van der Waals surface area (Å²) in [5.41, 5.74) is 1.28. The number of imidazole rings is 1. The molecule has 0 N–H and O–H groups in total. The molecule has 2 aliphatic carbocycles. The molecule has 1 amide bonds. The van der Waals surface area contributed by atoms with Gasteiger partial charge in [0.2, 0.25) is 5.91 Å². The van der Waals surface area contributed by atoms with Crippen molar-refractivity contribution in [3.05, 3.63) is 17.7 Å². The van der Waals surface area contributed by atoms with Gasteiger partial charge in [0, 0.05) is 37.9 Å². The van der Waals surface area contributed by atoms with Gasteiger partial charge in [-0.1, -0.05) is 19.3 Å². The molecule has 2 heterocycles. The van der Waals surface area contributed by atoms with Crippen LogP contribution in [-0.4, -0.2) is 33.4 Å². The van der Waals surface area contributed by atoms with Gasteiger partial charge < -0.3 is 9.47 Å². The Labute approximate surface area is 139 Å². The van der Waals surface area contributed by atoms with Crippen LogP contribution in [0.2, 0.25) is 0 Å². The monoisotopic (exact) mass is 315 g/mol. The van der Waals surface area contributed by atoms with Gasteiger partial charge in [-0.05, 0) is 44.4 Å². The standard InChI is InChI=1S/C19H29N3O/c1-14-10-20-19(22(14)11-16-7-8-16)17-12-21(13-17)18(23)9-15-5-3-2-4-6-15/h10,15-17H,2-9,11-13H2,1H3. The largest absolute Gasteiger partial charge is 0.341 e. The fraction of sp³-hybridized carbons (Fsp3) is 0.789. The Morgan fingerprint density at radius 1 is 1.13 bits per heavy atom. The first-order valence-corrected chi connectivity index (χ1v) is 9.50. The zero-order chi connectivity index (χ0) is 15.8. The number of rotatable bonds is 5. The molecule has 3 fully saturated rings. The second kappa shape index (κ2) is 6.29. The maximum atomic E-state index is 12.4. The first kappa shape index (κ1) is 15.2. The van der Waals surface area contributed by atoms with Crippen LogP contribution in [0.15, 0.2) is 6.20 Å². The highest BCUT2D eigenvalue weighted by molar-refractivity contribution is 5.77. The second-order valence-corrected chi connectivity index (χ2v) is 8.02. The van der Waals surface area contributed by atoms with Gasteiger partial charge in [-0.15, -0.1) is 0 Å². The van der Waals surface area contributed by atoms with E-state index >= 15 is 0 Å². The van der Waals surface area contributed by atoms with E-state index in [1.165, 1.54) is 56.5 Å². The van der Waals surface area contributed by atoms with E-state index in [0.29, 0.717) is 17.7 Å². The highest BCUT2D eigenvalue weighted by Crippen LogP contribution is 2.35. The lowest BCUT2D eigenvalue weighted by atomic mass is 9.86. The minimum absolute atomic E-state index is 0.380. The molecule has 0 unspecified atom stereocenters. The Morgan fingerprint density at radius 3 is 2.57 bits per heavy atom. The van der Waals surface area contributed by atoms with E-state index in [1.54, 1.807) is 0 Å². The number of amides is 1. The molecule has 2 saturated carbocycles. The highest BCUT2D eigenvalue weighted by Gasteiger charge is 2.36. The maximum Gasteiger partial charge on any atom is 0.222 e. The van der Waals surface area contributed by atoms with Gasteiger partial charge in [-0.25, -0.2) is 4.98 Å². The Bertz CT molecular complexity index is 563. The third-order valence-corrected chi connectivity index (χ3v) is 6.01. The first-order valence-electron chi connectivity index (χ1n) is 9.50. The SMILES string of the molecule is Cc1cnc(C2CN(C(=O)CC3CCCCC3)C2)n1CC1CC1. The average Bonchev–Trinajstić information content (AvgIpc) is 3.25. The molecule has 1 aliphatic heterocycles. The summed E-state index contributed by atoms with van der Waals surface area (Å²) in [5.74, 6) is 3.57. The van der Waals surface area contributed by atoms with Crippen LogP contribution in [-0.2, 0) is 11.3 Å². The number of carbonyl (C=O) groups is 1. The Kier molecular flexibility index (Phi) is 4.16. The smallest absolute Gasteiger partial charge is 0.222 e. The van der Waals surface area contributed by atoms with E-state index in [-0.39, 0.29) is 0 Å². The molecule has 23 heavy (non-hydrogen) atoms. The lowest BCUT2D eigenvalue weighted by molar-refractivity contribution is -0.137. The summed E-state index contributed by atoms with van der Waals surface area (Å²) in [6.07, 6.45) is 12.0. The van der Waals surface area contributed by atoms with Crippen LogP contribution in [0.5, 0.6) is 0 Å². The summed E-state index contributed by atoms with van der Waals surface area (Å²) >= 11 is 0. The molecule has 1 aromatic heterocycles. The Hall–Kier alpha value is -1.32. The van der Waals surface area contributed by atoms with E-state index < -0.39 is 0 Å². The molecule has 1 aromatic rings. The molecule has 4 heteroatoms. The number of likely N-dealkylation sites (tertiary alicyclic amines) is 1. The Balaban J connectivity index is 1.31. The lowest BCUT2D eigenvalue weighted by Crippen LogP contribution is -2.49. The molecule has 4 rings (SSSR count). The molecule has 0 aromatic carbocycles. The van der Waals surface area contributed by atoms with Crippen LogP contribution in [0.3, 0.4) is 0 Å². The van der Waals surface area contributed by atoms with Crippen molar-refractivity contribution >= 4 is 5.91 Å². The molecular formula is C19H29N3O. The number of aromatic nitrogens is 2. The second-order valence-electron chi connectivity index (χ2n) is 8.02. The predicted molar refractivity (Wildman–Crippen MR) is 90.2 cm³/mol. The van der Waals surface area contributed by atoms with Crippen LogP contribution >= 0.6 is 0 Å². The van der Waals surface area contributed by atoms with Gasteiger partial charge in [0.25, 0.3) is 0 Å². The van der Waals surface area contributed by atoms with Gasteiger partial charge in [0.05, 0.1) is 5.92 Å². The molecule has 1 saturated heterocycles. The Morgan fingerprint density at radius 2 is 1.87 bits per heavy atom. The first-order chi connectivity index (χ1) is 11.2. The van der Waals surface area contributed by atoms with Crippen molar-refractivity contribution < 1.29 is 4.79 Å². The fourth-order valence-electron chi connectivity index (χ4n) is 4.21. The van der Waals surface area contributed by atoms with Crippen LogP contribution < -0.4 is 0 Å². The third kappa shape index (κ3) is 3.31. The summed E-state index contributed by atoms with van der Waals surface area (Å²) in [5, 5.41) is 0. The van der Waals surface area contributed by atoms with Gasteiger partial charge in [0.15, 0.2) is 0 Å². The van der Waals surface area contributed by atoms with Gasteiger partial charge in [0.1, 0.15) is 5.82 Å². The van der Waals surface area contributed by atoms with Crippen molar-refractivity contribution in [3.63, 3.8) is 0 Å². The third-order valence-electron chi connectivity index (χ3n) is 6.01. The number of hydrogen-bond acceptors (Lipinski definition) is 2. The molecule has 0 atom stereocenters. The molecule has 0 bridgehead atoms. The summed E-state index contributed by atoms with van der Waals surface area (Å²) in [4.78, 5) is 19.2. The van der Waals surface area contributed by atoms with Crippen LogP contribution in [0.1, 0.15) is 68.8 Å². The summed E-state index contributed by atoms with van der Waals surface area (Å²) in [7, 11) is 0. The maximum absolute atomic E-state index is 12.4. The molecule has 126 valence electrons.